The Hall–Kier alpha value is -2.98. The third kappa shape index (κ3) is 7.52. The molecular formula is C26H25Cl2FN2O5S. The maximum Gasteiger partial charge on any atom is 0.371 e. The normalized spacial score (nSPS) is 11.9. The van der Waals surface area contributed by atoms with E-state index < -0.39 is 17.7 Å². The zero-order valence-corrected chi connectivity index (χ0v) is 22.9. The number of nitrogens with one attached hydrogen (secondary N) is 1. The van der Waals surface area contributed by atoms with Crippen molar-refractivity contribution in [1.29, 1.82) is 0 Å². The van der Waals surface area contributed by atoms with E-state index >= 15 is 4.39 Å². The van der Waals surface area contributed by atoms with Crippen molar-refractivity contribution in [2.75, 3.05) is 19.0 Å². The molecule has 2 aromatic carbocycles. The van der Waals surface area contributed by atoms with Gasteiger partial charge in [0.05, 0.1) is 36.1 Å². The zero-order valence-electron chi connectivity index (χ0n) is 20.5. The van der Waals surface area contributed by atoms with Crippen LogP contribution in [-0.2, 0) is 20.9 Å². The number of hydrogen-bond donors (Lipinski definition) is 2. The second kappa shape index (κ2) is 12.0. The van der Waals surface area contributed by atoms with E-state index in [9.17, 15) is 9.59 Å². The first-order valence-corrected chi connectivity index (χ1v) is 12.6. The maximum atomic E-state index is 15.1. The first-order chi connectivity index (χ1) is 17.4. The number of benzene rings is 2. The summed E-state index contributed by atoms with van der Waals surface area (Å²) in [6, 6.07) is 7.69. The molecule has 0 unspecified atom stereocenters. The minimum Gasteiger partial charge on any atom is -0.490 e. The van der Waals surface area contributed by atoms with E-state index in [0.717, 1.165) is 11.3 Å². The van der Waals surface area contributed by atoms with E-state index in [1.165, 1.54) is 25.3 Å². The highest BCUT2D eigenvalue weighted by Gasteiger charge is 2.18. The van der Waals surface area contributed by atoms with E-state index in [4.69, 9.17) is 37.8 Å². The molecule has 0 atom stereocenters. The van der Waals surface area contributed by atoms with Crippen LogP contribution in [0.5, 0.6) is 0 Å². The molecule has 11 heteroatoms. The van der Waals surface area contributed by atoms with Gasteiger partial charge in [-0.1, -0.05) is 56.1 Å². The molecule has 37 heavy (non-hydrogen) atoms. The summed E-state index contributed by atoms with van der Waals surface area (Å²) in [4.78, 5) is 28.3. The molecule has 0 fully saturated rings. The van der Waals surface area contributed by atoms with Crippen LogP contribution < -0.4 is 5.32 Å². The minimum atomic E-state index is -1.30. The molecule has 0 bridgehead atoms. The second-order valence-corrected chi connectivity index (χ2v) is 10.9. The molecule has 1 amide bonds. The van der Waals surface area contributed by atoms with Gasteiger partial charge in [-0.15, -0.1) is 11.3 Å². The van der Waals surface area contributed by atoms with Crippen molar-refractivity contribution >= 4 is 57.6 Å². The van der Waals surface area contributed by atoms with Crippen LogP contribution in [0.2, 0.25) is 10.0 Å². The van der Waals surface area contributed by atoms with E-state index in [0.29, 0.717) is 23.4 Å². The minimum absolute atomic E-state index is 0.0348. The van der Waals surface area contributed by atoms with Gasteiger partial charge >= 0.3 is 5.97 Å². The molecule has 7 nitrogen and oxygen atoms in total. The van der Waals surface area contributed by atoms with Crippen LogP contribution in [0.15, 0.2) is 41.5 Å². The summed E-state index contributed by atoms with van der Waals surface area (Å²) >= 11 is 13.6. The summed E-state index contributed by atoms with van der Waals surface area (Å²) < 4.78 is 25.6. The number of carbonyl (C=O) groups is 2. The number of hydrogen-bond acceptors (Lipinski definition) is 6. The molecule has 0 aliphatic heterocycles. The summed E-state index contributed by atoms with van der Waals surface area (Å²) in [5.74, 6) is -2.64. The van der Waals surface area contributed by atoms with Crippen molar-refractivity contribution in [3.63, 3.8) is 0 Å². The number of carboxylic acid groups (broad SMARTS) is 1. The number of ether oxygens (including phenoxy) is 2. The third-order valence-corrected chi connectivity index (χ3v) is 6.30. The van der Waals surface area contributed by atoms with Gasteiger partial charge in [0, 0.05) is 27.6 Å². The summed E-state index contributed by atoms with van der Waals surface area (Å²) in [7, 11) is 1.20. The van der Waals surface area contributed by atoms with Crippen LogP contribution in [0.3, 0.4) is 0 Å². The Morgan fingerprint density at radius 1 is 1.22 bits per heavy atom. The van der Waals surface area contributed by atoms with Crippen molar-refractivity contribution in [1.82, 2.24) is 4.98 Å². The number of carbonyl (C=O) groups excluding carboxylic acids is 1. The second-order valence-electron chi connectivity index (χ2n) is 9.20. The zero-order chi connectivity index (χ0) is 27.3. The number of aliphatic carboxylic acids is 1. The molecule has 0 saturated carbocycles. The van der Waals surface area contributed by atoms with Crippen molar-refractivity contribution in [3.05, 3.63) is 74.0 Å². The van der Waals surface area contributed by atoms with Crippen molar-refractivity contribution in [3.8, 4) is 11.3 Å². The van der Waals surface area contributed by atoms with Crippen molar-refractivity contribution in [2.45, 2.75) is 27.4 Å². The molecule has 0 saturated heterocycles. The predicted octanol–water partition coefficient (Wildman–Crippen LogP) is 7.14. The average molecular weight is 567 g/mol. The number of anilines is 1. The number of thiazole rings is 1. The number of halogens is 3. The van der Waals surface area contributed by atoms with Crippen LogP contribution in [0, 0.1) is 11.2 Å². The molecule has 3 aromatic rings. The number of nitrogens with zero attached hydrogens (tertiary/aromatic N) is 1. The Morgan fingerprint density at radius 3 is 2.49 bits per heavy atom. The fraction of sp³-hybridized carbons (Fsp3) is 0.269. The Kier molecular flexibility index (Phi) is 9.31. The highest BCUT2D eigenvalue weighted by molar-refractivity contribution is 7.14. The number of amides is 1. The van der Waals surface area contributed by atoms with Crippen LogP contribution >= 0.6 is 34.5 Å². The fourth-order valence-corrected chi connectivity index (χ4v) is 4.47. The average Bonchev–Trinajstić information content (AvgIpc) is 3.26. The summed E-state index contributed by atoms with van der Waals surface area (Å²) in [6.45, 7) is 6.73. The van der Waals surface area contributed by atoms with Gasteiger partial charge in [-0.25, -0.2) is 14.2 Å². The third-order valence-electron chi connectivity index (χ3n) is 4.92. The molecular weight excluding hydrogens is 542 g/mol. The predicted molar refractivity (Wildman–Crippen MR) is 144 cm³/mol. The van der Waals surface area contributed by atoms with Gasteiger partial charge in [0.15, 0.2) is 5.13 Å². The van der Waals surface area contributed by atoms with E-state index in [2.05, 4.69) is 10.3 Å². The number of carboxylic acids is 1. The Morgan fingerprint density at radius 2 is 1.89 bits per heavy atom. The molecule has 196 valence electrons. The molecule has 0 aliphatic carbocycles. The summed E-state index contributed by atoms with van der Waals surface area (Å²) in [6.07, 6.45) is 1.17. The summed E-state index contributed by atoms with van der Waals surface area (Å²) in [5.41, 5.74) is 1.36. The number of methoxy groups -OCH3 is 1. The van der Waals surface area contributed by atoms with Crippen LogP contribution in [0.1, 0.15) is 42.3 Å². The molecule has 3 rings (SSSR count). The van der Waals surface area contributed by atoms with Gasteiger partial charge in [0.25, 0.3) is 5.91 Å². The van der Waals surface area contributed by atoms with Gasteiger partial charge in [-0.2, -0.15) is 0 Å². The fourth-order valence-electron chi connectivity index (χ4n) is 3.17. The Bertz CT molecular complexity index is 1330. The lowest BCUT2D eigenvalue weighted by atomic mass is 9.99. The number of aromatic nitrogens is 1. The van der Waals surface area contributed by atoms with Gasteiger partial charge in [0.1, 0.15) is 5.82 Å². The molecule has 0 radical (unpaired) electrons. The van der Waals surface area contributed by atoms with Gasteiger partial charge in [0.2, 0.25) is 5.76 Å². The molecule has 2 N–H and O–H groups in total. The van der Waals surface area contributed by atoms with Crippen LogP contribution in [-0.4, -0.2) is 35.7 Å². The molecule has 0 aliphatic rings. The first-order valence-electron chi connectivity index (χ1n) is 11.0. The van der Waals surface area contributed by atoms with Gasteiger partial charge < -0.3 is 14.6 Å². The smallest absolute Gasteiger partial charge is 0.371 e. The highest BCUT2D eigenvalue weighted by atomic mass is 35.5. The van der Waals surface area contributed by atoms with Gasteiger partial charge in [-0.05, 0) is 29.7 Å². The SMILES string of the molecule is CO/C(=C/c1c(Cl)cc(C(=O)Nc2nc(-c3cccc(COCC(C)(C)C)c3F)cs2)cc1Cl)C(=O)O. The van der Waals surface area contributed by atoms with E-state index in [1.807, 2.05) is 20.8 Å². The maximum absolute atomic E-state index is 15.1. The molecule has 0 spiro atoms. The van der Waals surface area contributed by atoms with Crippen molar-refractivity contribution < 1.29 is 28.6 Å². The van der Waals surface area contributed by atoms with E-state index in [-0.39, 0.29) is 44.1 Å². The van der Waals surface area contributed by atoms with Gasteiger partial charge in [-0.3, -0.25) is 10.1 Å². The Balaban J connectivity index is 1.77. The quantitative estimate of drug-likeness (QED) is 0.211. The highest BCUT2D eigenvalue weighted by Crippen LogP contribution is 2.31. The molecule has 1 heterocycles. The van der Waals surface area contributed by atoms with Crippen LogP contribution in [0.4, 0.5) is 9.52 Å². The topological polar surface area (TPSA) is 97.8 Å². The monoisotopic (exact) mass is 566 g/mol. The lowest BCUT2D eigenvalue weighted by Crippen LogP contribution is -2.14. The Labute approximate surface area is 227 Å². The summed E-state index contributed by atoms with van der Waals surface area (Å²) in [5, 5.41) is 13.8. The lowest BCUT2D eigenvalue weighted by Gasteiger charge is -2.18. The number of rotatable bonds is 9. The standard InChI is InChI=1S/C26H25Cl2FN2O5S/c1-26(2,3)13-36-11-14-6-5-7-16(22(14)29)20-12-37-25(30-20)31-23(32)15-8-18(27)17(19(28)9-15)10-21(35-4)24(33)34/h5-10,12H,11,13H2,1-4H3,(H,33,34)(H,30,31,32)/b21-10+. The van der Waals surface area contributed by atoms with E-state index in [1.54, 1.807) is 23.6 Å². The van der Waals surface area contributed by atoms with Crippen molar-refractivity contribution in [2.24, 2.45) is 5.41 Å². The molecule has 1 aromatic heterocycles. The first kappa shape index (κ1) is 28.6. The lowest BCUT2D eigenvalue weighted by molar-refractivity contribution is -0.135. The largest absolute Gasteiger partial charge is 0.490 e. The van der Waals surface area contributed by atoms with Crippen LogP contribution in [0.25, 0.3) is 17.3 Å².